The van der Waals surface area contributed by atoms with Gasteiger partial charge in [0.15, 0.2) is 14.6 Å². The van der Waals surface area contributed by atoms with Gasteiger partial charge in [0.2, 0.25) is 0 Å². The maximum absolute atomic E-state index is 11.6. The van der Waals surface area contributed by atoms with E-state index in [2.05, 4.69) is 5.16 Å². The molecule has 6 nitrogen and oxygen atoms in total. The number of hydrogen-bond donors (Lipinski definition) is 1. The van der Waals surface area contributed by atoms with E-state index in [-0.39, 0.29) is 19.4 Å². The summed E-state index contributed by atoms with van der Waals surface area (Å²) in [4.78, 5) is 11.6. The smallest absolute Gasteiger partial charge is 0.327 e. The standard InChI is InChI=1S/C9H17NO5S/c1-4-15-8(11)9(2,16(3,13)14)6-5-7-10-12/h7,12H,4-6H2,1-3H3/b10-7+/t9-/m0/s1. The lowest BCUT2D eigenvalue weighted by Crippen LogP contribution is -2.44. The van der Waals surface area contributed by atoms with Crippen LogP contribution in [-0.4, -0.2) is 43.4 Å². The van der Waals surface area contributed by atoms with Gasteiger partial charge in [0.1, 0.15) is 0 Å². The Morgan fingerprint density at radius 2 is 2.12 bits per heavy atom. The summed E-state index contributed by atoms with van der Waals surface area (Å²) in [6, 6.07) is 0. The first-order valence-electron chi connectivity index (χ1n) is 4.82. The van der Waals surface area contributed by atoms with Crippen LogP contribution >= 0.6 is 0 Å². The summed E-state index contributed by atoms with van der Waals surface area (Å²) in [7, 11) is -3.58. The Morgan fingerprint density at radius 1 is 1.56 bits per heavy atom. The highest BCUT2D eigenvalue weighted by atomic mass is 32.2. The van der Waals surface area contributed by atoms with Crippen molar-refractivity contribution in [3.8, 4) is 0 Å². The number of ether oxygens (including phenoxy) is 1. The number of carbonyl (C=O) groups excluding carboxylic acids is 1. The highest BCUT2D eigenvalue weighted by molar-refractivity contribution is 7.92. The third-order valence-corrected chi connectivity index (χ3v) is 4.37. The second-order valence-corrected chi connectivity index (χ2v) is 6.01. The molecule has 0 aromatic carbocycles. The van der Waals surface area contributed by atoms with E-state index < -0.39 is 20.6 Å². The van der Waals surface area contributed by atoms with Gasteiger partial charge in [0.25, 0.3) is 0 Å². The van der Waals surface area contributed by atoms with Crippen LogP contribution in [0, 0.1) is 0 Å². The predicted molar refractivity (Wildman–Crippen MR) is 59.4 cm³/mol. The van der Waals surface area contributed by atoms with Crippen LogP contribution in [0.3, 0.4) is 0 Å². The van der Waals surface area contributed by atoms with Crippen LogP contribution in [0.15, 0.2) is 5.16 Å². The van der Waals surface area contributed by atoms with Crippen LogP contribution in [0.1, 0.15) is 26.7 Å². The average molecular weight is 251 g/mol. The number of esters is 1. The zero-order valence-corrected chi connectivity index (χ0v) is 10.5. The van der Waals surface area contributed by atoms with Crippen molar-refractivity contribution in [2.75, 3.05) is 12.9 Å². The van der Waals surface area contributed by atoms with E-state index in [0.29, 0.717) is 0 Å². The molecule has 16 heavy (non-hydrogen) atoms. The average Bonchev–Trinajstić information content (AvgIpc) is 2.16. The molecule has 0 rings (SSSR count). The molecule has 0 heterocycles. The SMILES string of the molecule is CCOC(=O)[C@](C)(CC/C=N/O)S(C)(=O)=O. The summed E-state index contributed by atoms with van der Waals surface area (Å²) in [5, 5.41) is 11.0. The Balaban J connectivity index is 4.97. The molecule has 0 radical (unpaired) electrons. The van der Waals surface area contributed by atoms with Gasteiger partial charge >= 0.3 is 5.97 Å². The van der Waals surface area contributed by atoms with Crippen molar-refractivity contribution in [3.63, 3.8) is 0 Å². The van der Waals surface area contributed by atoms with Gasteiger partial charge < -0.3 is 9.94 Å². The molecule has 0 aromatic rings. The van der Waals surface area contributed by atoms with Crippen LogP contribution < -0.4 is 0 Å². The van der Waals surface area contributed by atoms with Crippen molar-refractivity contribution in [3.05, 3.63) is 0 Å². The summed E-state index contributed by atoms with van der Waals surface area (Å²) in [6.45, 7) is 3.04. The van der Waals surface area contributed by atoms with Crippen LogP contribution in [0.25, 0.3) is 0 Å². The number of sulfone groups is 1. The molecule has 0 amide bonds. The van der Waals surface area contributed by atoms with Gasteiger partial charge in [-0.15, -0.1) is 5.16 Å². The van der Waals surface area contributed by atoms with Gasteiger partial charge in [-0.2, -0.15) is 0 Å². The zero-order valence-electron chi connectivity index (χ0n) is 9.63. The highest BCUT2D eigenvalue weighted by Crippen LogP contribution is 2.24. The Morgan fingerprint density at radius 3 is 2.50 bits per heavy atom. The van der Waals surface area contributed by atoms with E-state index in [0.717, 1.165) is 12.5 Å². The van der Waals surface area contributed by atoms with Gasteiger partial charge in [0.05, 0.1) is 6.61 Å². The van der Waals surface area contributed by atoms with Crippen molar-refractivity contribution in [2.45, 2.75) is 31.4 Å². The molecule has 0 spiro atoms. The minimum atomic E-state index is -3.58. The van der Waals surface area contributed by atoms with E-state index in [1.165, 1.54) is 6.92 Å². The normalized spacial score (nSPS) is 15.9. The van der Waals surface area contributed by atoms with Gasteiger partial charge in [-0.05, 0) is 26.7 Å². The van der Waals surface area contributed by atoms with Crippen molar-refractivity contribution >= 4 is 22.0 Å². The molecule has 1 N–H and O–H groups in total. The van der Waals surface area contributed by atoms with Crippen molar-refractivity contribution in [1.82, 2.24) is 0 Å². The Hall–Kier alpha value is -1.11. The summed E-state index contributed by atoms with van der Waals surface area (Å²) in [6.07, 6.45) is 2.33. The molecule has 0 saturated heterocycles. The predicted octanol–water partition coefficient (Wildman–Crippen LogP) is 0.593. The topological polar surface area (TPSA) is 93.0 Å². The first kappa shape index (κ1) is 14.9. The highest BCUT2D eigenvalue weighted by Gasteiger charge is 2.44. The summed E-state index contributed by atoms with van der Waals surface area (Å²) in [5.41, 5.74) is 0. The van der Waals surface area contributed by atoms with Gasteiger partial charge in [0, 0.05) is 12.5 Å². The lowest BCUT2D eigenvalue weighted by Gasteiger charge is -2.24. The largest absolute Gasteiger partial charge is 0.465 e. The molecule has 94 valence electrons. The van der Waals surface area contributed by atoms with E-state index in [1.807, 2.05) is 0 Å². The van der Waals surface area contributed by atoms with Crippen LogP contribution in [0.2, 0.25) is 0 Å². The minimum absolute atomic E-state index is 0.0225. The number of hydrogen-bond acceptors (Lipinski definition) is 6. The van der Waals surface area contributed by atoms with Crippen molar-refractivity contribution in [2.24, 2.45) is 5.16 Å². The maximum atomic E-state index is 11.6. The fraction of sp³-hybridized carbons (Fsp3) is 0.778. The molecule has 0 saturated carbocycles. The third-order valence-electron chi connectivity index (χ3n) is 2.36. The second-order valence-electron chi connectivity index (χ2n) is 3.56. The Labute approximate surface area is 95.2 Å². The molecule has 0 unspecified atom stereocenters. The van der Waals surface area contributed by atoms with E-state index in [9.17, 15) is 13.2 Å². The molecule has 0 aliphatic heterocycles. The van der Waals surface area contributed by atoms with Crippen LogP contribution in [0.4, 0.5) is 0 Å². The first-order chi connectivity index (χ1) is 7.29. The fourth-order valence-corrected chi connectivity index (χ4v) is 1.97. The monoisotopic (exact) mass is 251 g/mol. The molecule has 0 aromatic heterocycles. The van der Waals surface area contributed by atoms with E-state index >= 15 is 0 Å². The molecule has 0 bridgehead atoms. The zero-order chi connectivity index (χ0) is 12.8. The minimum Gasteiger partial charge on any atom is -0.465 e. The molecular formula is C9H17NO5S. The Kier molecular flexibility index (Phi) is 5.43. The van der Waals surface area contributed by atoms with Crippen LogP contribution in [-0.2, 0) is 19.4 Å². The van der Waals surface area contributed by atoms with Gasteiger partial charge in [-0.1, -0.05) is 0 Å². The summed E-state index contributed by atoms with van der Waals surface area (Å²) >= 11 is 0. The lowest BCUT2D eigenvalue weighted by atomic mass is 10.1. The lowest BCUT2D eigenvalue weighted by molar-refractivity contribution is -0.145. The maximum Gasteiger partial charge on any atom is 0.327 e. The van der Waals surface area contributed by atoms with Crippen molar-refractivity contribution < 1.29 is 23.2 Å². The number of nitrogens with zero attached hydrogens (tertiary/aromatic N) is 1. The Bertz CT molecular complexity index is 362. The fourth-order valence-electron chi connectivity index (χ4n) is 1.12. The molecule has 7 heteroatoms. The number of rotatable bonds is 6. The van der Waals surface area contributed by atoms with E-state index in [4.69, 9.17) is 9.94 Å². The summed E-state index contributed by atoms with van der Waals surface area (Å²) in [5.74, 6) is -0.774. The molecule has 0 aliphatic rings. The van der Waals surface area contributed by atoms with Gasteiger partial charge in [-0.3, -0.25) is 4.79 Å². The third kappa shape index (κ3) is 3.48. The quantitative estimate of drug-likeness (QED) is 0.323. The number of carbonyl (C=O) groups is 1. The molecule has 0 aliphatic carbocycles. The number of oxime groups is 1. The van der Waals surface area contributed by atoms with Crippen molar-refractivity contribution in [1.29, 1.82) is 0 Å². The summed E-state index contributed by atoms with van der Waals surface area (Å²) < 4.78 is 26.3. The van der Waals surface area contributed by atoms with E-state index in [1.54, 1.807) is 6.92 Å². The molecule has 0 fully saturated rings. The van der Waals surface area contributed by atoms with Gasteiger partial charge in [-0.25, -0.2) is 8.42 Å². The molecule has 1 atom stereocenters. The second kappa shape index (κ2) is 5.83. The van der Waals surface area contributed by atoms with Crippen LogP contribution in [0.5, 0.6) is 0 Å². The first-order valence-corrected chi connectivity index (χ1v) is 6.71. The molecular weight excluding hydrogens is 234 g/mol.